The maximum absolute atomic E-state index is 11.3. The molecule has 0 bridgehead atoms. The number of carbonyl (C=O) groups is 4. The van der Waals surface area contributed by atoms with Crippen molar-refractivity contribution >= 4 is 23.9 Å². The molecule has 0 spiro atoms. The van der Waals surface area contributed by atoms with Crippen LogP contribution in [0, 0.1) is 11.8 Å². The minimum Gasteiger partial charge on any atom is -0.428 e. The van der Waals surface area contributed by atoms with E-state index in [1.165, 1.54) is 0 Å². The Morgan fingerprint density at radius 2 is 0.913 bits per heavy atom. The van der Waals surface area contributed by atoms with Crippen molar-refractivity contribution < 1.29 is 38.1 Å². The van der Waals surface area contributed by atoms with E-state index in [0.717, 1.165) is 0 Å². The van der Waals surface area contributed by atoms with E-state index in [0.29, 0.717) is 0 Å². The first-order valence-electron chi connectivity index (χ1n) is 7.33. The summed E-state index contributed by atoms with van der Waals surface area (Å²) in [7, 11) is 0. The standard InChI is InChI=1S/C15H24O8/c1-10(2)5-12(16)20-8-22-14(18)7-15(19)23-9-21-13(17)6-11(3)4/h10-11H,5-9H2,1-4H3. The van der Waals surface area contributed by atoms with Gasteiger partial charge in [0.2, 0.25) is 13.6 Å². The normalized spacial score (nSPS) is 10.3. The van der Waals surface area contributed by atoms with E-state index in [1.807, 2.05) is 27.7 Å². The Kier molecular flexibility index (Phi) is 10.4. The lowest BCUT2D eigenvalue weighted by molar-refractivity contribution is -0.173. The summed E-state index contributed by atoms with van der Waals surface area (Å²) < 4.78 is 18.4. The second kappa shape index (κ2) is 11.4. The summed E-state index contributed by atoms with van der Waals surface area (Å²) in [4.78, 5) is 44.9. The van der Waals surface area contributed by atoms with Gasteiger partial charge in [0.05, 0.1) is 0 Å². The third kappa shape index (κ3) is 13.3. The van der Waals surface area contributed by atoms with Gasteiger partial charge in [-0.2, -0.15) is 0 Å². The molecule has 0 saturated heterocycles. The van der Waals surface area contributed by atoms with Crippen LogP contribution >= 0.6 is 0 Å². The molecule has 0 fully saturated rings. The van der Waals surface area contributed by atoms with Gasteiger partial charge in [0.25, 0.3) is 0 Å². The van der Waals surface area contributed by atoms with Crippen LogP contribution in [0.1, 0.15) is 47.0 Å². The summed E-state index contributed by atoms with van der Waals surface area (Å²) >= 11 is 0. The molecular weight excluding hydrogens is 308 g/mol. The lowest BCUT2D eigenvalue weighted by atomic mass is 10.1. The molecule has 23 heavy (non-hydrogen) atoms. The van der Waals surface area contributed by atoms with Crippen molar-refractivity contribution in [1.82, 2.24) is 0 Å². The highest BCUT2D eigenvalue weighted by molar-refractivity contribution is 5.91. The van der Waals surface area contributed by atoms with E-state index in [-0.39, 0.29) is 24.7 Å². The SMILES string of the molecule is CC(C)CC(=O)OCOC(=O)CC(=O)OCOC(=O)CC(C)C. The fourth-order valence-corrected chi connectivity index (χ4v) is 1.33. The van der Waals surface area contributed by atoms with Gasteiger partial charge in [0.1, 0.15) is 6.42 Å². The molecular formula is C15H24O8. The molecule has 0 aliphatic rings. The van der Waals surface area contributed by atoms with E-state index < -0.39 is 43.9 Å². The molecule has 0 saturated carbocycles. The van der Waals surface area contributed by atoms with Crippen LogP contribution in [0.25, 0.3) is 0 Å². The number of hydrogen-bond acceptors (Lipinski definition) is 8. The fourth-order valence-electron chi connectivity index (χ4n) is 1.33. The van der Waals surface area contributed by atoms with Gasteiger partial charge >= 0.3 is 23.9 Å². The largest absolute Gasteiger partial charge is 0.428 e. The van der Waals surface area contributed by atoms with Crippen LogP contribution in [0.15, 0.2) is 0 Å². The maximum atomic E-state index is 11.3. The van der Waals surface area contributed by atoms with Crippen molar-refractivity contribution in [2.75, 3.05) is 13.6 Å². The number of carbonyl (C=O) groups excluding carboxylic acids is 4. The summed E-state index contributed by atoms with van der Waals surface area (Å²) in [5, 5.41) is 0. The van der Waals surface area contributed by atoms with Gasteiger partial charge in [-0.05, 0) is 11.8 Å². The molecule has 8 heteroatoms. The Hall–Kier alpha value is -2.12. The minimum atomic E-state index is -0.902. The van der Waals surface area contributed by atoms with E-state index in [1.54, 1.807) is 0 Å². The number of hydrogen-bond donors (Lipinski definition) is 0. The highest BCUT2D eigenvalue weighted by atomic mass is 16.7. The van der Waals surface area contributed by atoms with E-state index in [4.69, 9.17) is 0 Å². The molecule has 0 amide bonds. The van der Waals surface area contributed by atoms with Crippen LogP contribution in [-0.2, 0) is 38.1 Å². The van der Waals surface area contributed by atoms with Gasteiger partial charge in [-0.1, -0.05) is 27.7 Å². The first kappa shape index (κ1) is 20.9. The second-order valence-electron chi connectivity index (χ2n) is 5.67. The second-order valence-corrected chi connectivity index (χ2v) is 5.67. The van der Waals surface area contributed by atoms with Crippen LogP contribution < -0.4 is 0 Å². The van der Waals surface area contributed by atoms with Gasteiger partial charge in [0, 0.05) is 12.8 Å². The molecule has 0 N–H and O–H groups in total. The third-order valence-electron chi connectivity index (χ3n) is 2.32. The predicted octanol–water partition coefficient (Wildman–Crippen LogP) is 1.56. The zero-order valence-corrected chi connectivity index (χ0v) is 14.0. The minimum absolute atomic E-state index is 0.131. The van der Waals surface area contributed by atoms with Crippen molar-refractivity contribution in [3.63, 3.8) is 0 Å². The molecule has 0 atom stereocenters. The molecule has 0 aliphatic heterocycles. The van der Waals surface area contributed by atoms with Crippen molar-refractivity contribution in [3.05, 3.63) is 0 Å². The Balaban J connectivity index is 3.75. The van der Waals surface area contributed by atoms with Crippen molar-refractivity contribution in [1.29, 1.82) is 0 Å². The predicted molar refractivity (Wildman–Crippen MR) is 77.6 cm³/mol. The molecule has 0 aliphatic carbocycles. The quantitative estimate of drug-likeness (QED) is 0.337. The van der Waals surface area contributed by atoms with Gasteiger partial charge in [-0.3, -0.25) is 19.2 Å². The Bertz CT molecular complexity index is 376. The van der Waals surface area contributed by atoms with Gasteiger partial charge in [0.15, 0.2) is 0 Å². The van der Waals surface area contributed by atoms with Gasteiger partial charge in [-0.25, -0.2) is 0 Å². The molecule has 0 aromatic rings. The highest BCUT2D eigenvalue weighted by Gasteiger charge is 2.14. The summed E-state index contributed by atoms with van der Waals surface area (Å²) in [6.45, 7) is 6.27. The van der Waals surface area contributed by atoms with Crippen LogP contribution in [0.4, 0.5) is 0 Å². The van der Waals surface area contributed by atoms with E-state index in [9.17, 15) is 19.2 Å². The van der Waals surface area contributed by atoms with Crippen LogP contribution in [0.2, 0.25) is 0 Å². The molecule has 0 aromatic carbocycles. The monoisotopic (exact) mass is 332 g/mol. The van der Waals surface area contributed by atoms with Crippen LogP contribution in [0.5, 0.6) is 0 Å². The number of ether oxygens (including phenoxy) is 4. The van der Waals surface area contributed by atoms with Gasteiger partial charge in [-0.15, -0.1) is 0 Å². The Morgan fingerprint density at radius 3 is 1.22 bits per heavy atom. The lowest BCUT2D eigenvalue weighted by Crippen LogP contribution is -2.19. The highest BCUT2D eigenvalue weighted by Crippen LogP contribution is 2.02. The molecule has 0 heterocycles. The first-order valence-corrected chi connectivity index (χ1v) is 7.33. The number of esters is 4. The first-order chi connectivity index (χ1) is 10.7. The maximum Gasteiger partial charge on any atom is 0.320 e. The van der Waals surface area contributed by atoms with Crippen LogP contribution in [-0.4, -0.2) is 37.5 Å². The summed E-state index contributed by atoms with van der Waals surface area (Å²) in [6.07, 6.45) is -0.244. The van der Waals surface area contributed by atoms with Crippen molar-refractivity contribution in [3.8, 4) is 0 Å². The van der Waals surface area contributed by atoms with Crippen molar-refractivity contribution in [2.45, 2.75) is 47.0 Å². The van der Waals surface area contributed by atoms with Crippen molar-refractivity contribution in [2.24, 2.45) is 11.8 Å². The zero-order valence-electron chi connectivity index (χ0n) is 14.0. The topological polar surface area (TPSA) is 105 Å². The summed E-state index contributed by atoms with van der Waals surface area (Å²) in [5.41, 5.74) is 0. The third-order valence-corrected chi connectivity index (χ3v) is 2.32. The molecule has 0 rings (SSSR count). The Morgan fingerprint density at radius 1 is 0.609 bits per heavy atom. The lowest BCUT2D eigenvalue weighted by Gasteiger charge is -2.08. The molecule has 0 unspecified atom stereocenters. The Labute approximate surface area is 135 Å². The average molecular weight is 332 g/mol. The molecule has 132 valence electrons. The zero-order chi connectivity index (χ0) is 17.8. The van der Waals surface area contributed by atoms with E-state index >= 15 is 0 Å². The summed E-state index contributed by atoms with van der Waals surface area (Å²) in [6, 6.07) is 0. The smallest absolute Gasteiger partial charge is 0.320 e. The van der Waals surface area contributed by atoms with Gasteiger partial charge < -0.3 is 18.9 Å². The molecule has 0 aromatic heterocycles. The number of rotatable bonds is 10. The average Bonchev–Trinajstić information content (AvgIpc) is 2.36. The fraction of sp³-hybridized carbons (Fsp3) is 0.733. The molecule has 8 nitrogen and oxygen atoms in total. The molecule has 0 radical (unpaired) electrons. The van der Waals surface area contributed by atoms with E-state index in [2.05, 4.69) is 18.9 Å². The van der Waals surface area contributed by atoms with Crippen LogP contribution in [0.3, 0.4) is 0 Å². The summed E-state index contributed by atoms with van der Waals surface area (Å²) in [5.74, 6) is -2.53.